The Morgan fingerprint density at radius 2 is 2.11 bits per heavy atom. The molecular weight excluding hydrogens is 118 g/mol. The molecule has 0 fully saturated rings. The van der Waals surface area contributed by atoms with Gasteiger partial charge in [0.1, 0.15) is 0 Å². The Bertz CT molecular complexity index is 159. The number of nitrogens with zero attached hydrogens (tertiary/aromatic N) is 3. The van der Waals surface area contributed by atoms with Gasteiger partial charge in [-0.05, 0) is 6.92 Å². The van der Waals surface area contributed by atoms with Crippen LogP contribution in [0.25, 0.3) is 0 Å². The van der Waals surface area contributed by atoms with E-state index in [-0.39, 0.29) is 0 Å². The summed E-state index contributed by atoms with van der Waals surface area (Å²) in [6.45, 7) is 3.72. The van der Waals surface area contributed by atoms with E-state index in [0.717, 1.165) is 0 Å². The number of rotatable bonds is 2. The van der Waals surface area contributed by atoms with Crippen LogP contribution in [0, 0.1) is 6.92 Å². The molecule has 1 radical (unpaired) electrons. The molecule has 1 heterocycles. The van der Waals surface area contributed by atoms with Gasteiger partial charge in [-0.3, -0.25) is 0 Å². The predicted octanol–water partition coefficient (Wildman–Crippen LogP) is -0.527. The average Bonchev–Trinajstić information content (AvgIpc) is 2.15. The Hall–Kier alpha value is -0.900. The summed E-state index contributed by atoms with van der Waals surface area (Å²) in [7, 11) is 0. The van der Waals surface area contributed by atoms with E-state index in [2.05, 4.69) is 17.1 Å². The van der Waals surface area contributed by atoms with Gasteiger partial charge in [-0.25, -0.2) is 0 Å². The fraction of sp³-hybridized carbons (Fsp3) is 0.400. The van der Waals surface area contributed by atoms with Crippen LogP contribution in [-0.2, 0) is 6.54 Å². The second kappa shape index (κ2) is 2.59. The van der Waals surface area contributed by atoms with Crippen LogP contribution < -0.4 is 0 Å². The molecule has 9 heavy (non-hydrogen) atoms. The van der Waals surface area contributed by atoms with Crippen LogP contribution in [0.3, 0.4) is 0 Å². The zero-order valence-corrected chi connectivity index (χ0v) is 4.94. The van der Waals surface area contributed by atoms with Crippen LogP contribution in [0.5, 0.6) is 0 Å². The zero-order chi connectivity index (χ0) is 6.69. The molecule has 0 bridgehead atoms. The number of hydrogen-bond donors (Lipinski definition) is 1. The largest absolute Gasteiger partial charge is 0.391 e. The Labute approximate surface area is 53.1 Å². The van der Waals surface area contributed by atoms with Crippen molar-refractivity contribution in [2.45, 2.75) is 12.6 Å². The van der Waals surface area contributed by atoms with E-state index in [4.69, 9.17) is 5.11 Å². The van der Waals surface area contributed by atoms with Crippen molar-refractivity contribution >= 4 is 0 Å². The van der Waals surface area contributed by atoms with Crippen molar-refractivity contribution < 1.29 is 5.11 Å². The molecule has 0 saturated heterocycles. The van der Waals surface area contributed by atoms with Crippen molar-refractivity contribution in [2.24, 2.45) is 0 Å². The summed E-state index contributed by atoms with van der Waals surface area (Å²) in [4.78, 5) is 1.39. The van der Waals surface area contributed by atoms with Crippen molar-refractivity contribution in [3.8, 4) is 0 Å². The molecule has 4 nitrogen and oxygen atoms in total. The van der Waals surface area contributed by atoms with Crippen molar-refractivity contribution in [3.05, 3.63) is 19.3 Å². The van der Waals surface area contributed by atoms with Crippen molar-refractivity contribution in [3.63, 3.8) is 0 Å². The fourth-order valence-electron chi connectivity index (χ4n) is 0.526. The molecule has 1 unspecified atom stereocenters. The van der Waals surface area contributed by atoms with E-state index in [0.29, 0.717) is 6.54 Å². The molecule has 1 N–H and O–H groups in total. The molecule has 1 atom stereocenters. The van der Waals surface area contributed by atoms with Gasteiger partial charge < -0.3 is 5.11 Å². The molecule has 1 rings (SSSR count). The maximum Gasteiger partial charge on any atom is 0.0866 e. The fourth-order valence-corrected chi connectivity index (χ4v) is 0.526. The van der Waals surface area contributed by atoms with E-state index >= 15 is 0 Å². The standard InChI is InChI=1S/C5H8N3O/c1-5(9)4-8-6-2-3-7-8/h2-3,5,9H,1,4H2. The number of aliphatic hydroxyl groups excluding tert-OH is 1. The predicted molar refractivity (Wildman–Crippen MR) is 31.4 cm³/mol. The molecule has 0 aliphatic carbocycles. The first-order valence-electron chi connectivity index (χ1n) is 2.64. The normalized spacial score (nSPS) is 13.6. The lowest BCUT2D eigenvalue weighted by Crippen LogP contribution is -2.14. The van der Waals surface area contributed by atoms with Gasteiger partial charge in [-0.1, -0.05) is 0 Å². The van der Waals surface area contributed by atoms with Gasteiger partial charge in [0.2, 0.25) is 0 Å². The molecule has 0 aromatic carbocycles. The molecule has 0 aliphatic rings. The molecule has 4 heteroatoms. The van der Waals surface area contributed by atoms with E-state index in [9.17, 15) is 0 Å². The van der Waals surface area contributed by atoms with Gasteiger partial charge in [0.15, 0.2) is 0 Å². The lowest BCUT2D eigenvalue weighted by Gasteiger charge is -1.99. The third-order valence-electron chi connectivity index (χ3n) is 0.841. The topological polar surface area (TPSA) is 50.9 Å². The Balaban J connectivity index is 2.48. The molecule has 1 aromatic heterocycles. The van der Waals surface area contributed by atoms with E-state index in [1.54, 1.807) is 12.4 Å². The van der Waals surface area contributed by atoms with Gasteiger partial charge in [0.25, 0.3) is 0 Å². The van der Waals surface area contributed by atoms with Gasteiger partial charge in [-0.2, -0.15) is 15.0 Å². The second-order valence-corrected chi connectivity index (χ2v) is 1.74. The highest BCUT2D eigenvalue weighted by Gasteiger charge is 1.96. The van der Waals surface area contributed by atoms with E-state index in [1.807, 2.05) is 0 Å². The van der Waals surface area contributed by atoms with Gasteiger partial charge in [0.05, 0.1) is 25.0 Å². The number of aromatic nitrogens is 3. The van der Waals surface area contributed by atoms with E-state index < -0.39 is 6.10 Å². The second-order valence-electron chi connectivity index (χ2n) is 1.74. The molecule has 0 saturated carbocycles. The smallest absolute Gasteiger partial charge is 0.0866 e. The monoisotopic (exact) mass is 126 g/mol. The van der Waals surface area contributed by atoms with Crippen LogP contribution in [0.4, 0.5) is 0 Å². The van der Waals surface area contributed by atoms with Crippen LogP contribution in [0.15, 0.2) is 12.4 Å². The number of aliphatic hydroxyl groups is 1. The molecule has 49 valence electrons. The molecule has 0 amide bonds. The summed E-state index contributed by atoms with van der Waals surface area (Å²) in [5, 5.41) is 16.2. The molecule has 0 spiro atoms. The minimum absolute atomic E-state index is 0.354. The maximum atomic E-state index is 8.71. The van der Waals surface area contributed by atoms with Gasteiger partial charge in [0, 0.05) is 0 Å². The maximum absolute atomic E-state index is 8.71. The number of hydrogen-bond acceptors (Lipinski definition) is 3. The summed E-state index contributed by atoms with van der Waals surface area (Å²) < 4.78 is 0. The highest BCUT2D eigenvalue weighted by Crippen LogP contribution is 1.83. The Kier molecular flexibility index (Phi) is 1.79. The summed E-state index contributed by atoms with van der Waals surface area (Å²) in [6.07, 6.45) is 2.49. The lowest BCUT2D eigenvalue weighted by atomic mass is 10.4. The highest BCUT2D eigenvalue weighted by molar-refractivity contribution is 4.62. The molecule has 1 aromatic rings. The first kappa shape index (κ1) is 6.22. The van der Waals surface area contributed by atoms with Crippen LogP contribution in [0.2, 0.25) is 0 Å². The van der Waals surface area contributed by atoms with Crippen molar-refractivity contribution in [1.82, 2.24) is 15.0 Å². The van der Waals surface area contributed by atoms with E-state index in [1.165, 1.54) is 4.80 Å². The minimum atomic E-state index is -0.627. The Morgan fingerprint density at radius 3 is 2.56 bits per heavy atom. The summed E-state index contributed by atoms with van der Waals surface area (Å²) >= 11 is 0. The third-order valence-corrected chi connectivity index (χ3v) is 0.841. The zero-order valence-electron chi connectivity index (χ0n) is 4.94. The first-order valence-corrected chi connectivity index (χ1v) is 2.64. The van der Waals surface area contributed by atoms with Crippen molar-refractivity contribution in [1.29, 1.82) is 0 Å². The van der Waals surface area contributed by atoms with Gasteiger partial charge >= 0.3 is 0 Å². The first-order chi connectivity index (χ1) is 4.29. The summed E-state index contributed by atoms with van der Waals surface area (Å²) in [6, 6.07) is 0. The average molecular weight is 126 g/mol. The quantitative estimate of drug-likeness (QED) is 0.579. The highest BCUT2D eigenvalue weighted by atomic mass is 16.3. The van der Waals surface area contributed by atoms with Crippen molar-refractivity contribution in [2.75, 3.05) is 0 Å². The SMILES string of the molecule is [CH2]C(O)Cn1nccn1. The lowest BCUT2D eigenvalue weighted by molar-refractivity contribution is 0.186. The Morgan fingerprint density at radius 1 is 1.56 bits per heavy atom. The summed E-state index contributed by atoms with van der Waals surface area (Å²) in [5.41, 5.74) is 0. The summed E-state index contributed by atoms with van der Waals surface area (Å²) in [5.74, 6) is 0. The van der Waals surface area contributed by atoms with Crippen LogP contribution in [0.1, 0.15) is 0 Å². The molecule has 0 aliphatic heterocycles. The van der Waals surface area contributed by atoms with Crippen LogP contribution >= 0.6 is 0 Å². The van der Waals surface area contributed by atoms with Crippen LogP contribution in [-0.4, -0.2) is 26.2 Å². The minimum Gasteiger partial charge on any atom is -0.391 e. The third kappa shape index (κ3) is 1.81. The molecular formula is C5H8N3O. The van der Waals surface area contributed by atoms with Gasteiger partial charge in [-0.15, -0.1) is 0 Å².